The molecule has 0 radical (unpaired) electrons. The number of carboxylic acid groups (broad SMARTS) is 1. The van der Waals surface area contributed by atoms with Gasteiger partial charge in [-0.15, -0.1) is 0 Å². The summed E-state index contributed by atoms with van der Waals surface area (Å²) in [7, 11) is 0. The van der Waals surface area contributed by atoms with Crippen LogP contribution in [0.1, 0.15) is 36.3 Å². The highest BCUT2D eigenvalue weighted by Gasteiger charge is 2.41. The molecule has 104 valence electrons. The lowest BCUT2D eigenvalue weighted by Crippen LogP contribution is -2.16. The lowest BCUT2D eigenvalue weighted by molar-refractivity contribution is -0.140. The first kappa shape index (κ1) is 14.2. The summed E-state index contributed by atoms with van der Waals surface area (Å²) in [5.74, 6) is -1.79. The normalized spacial score (nSPS) is 17.3. The molecule has 1 N–H and O–H groups in total. The Hall–Kier alpha value is -1.23. The van der Waals surface area contributed by atoms with Crippen molar-refractivity contribution in [1.82, 2.24) is 0 Å². The summed E-state index contributed by atoms with van der Waals surface area (Å²) in [5, 5.41) is 8.88. The second-order valence-corrected chi connectivity index (χ2v) is 5.15. The first-order valence-corrected chi connectivity index (χ1v) is 6.26. The van der Waals surface area contributed by atoms with Gasteiger partial charge < -0.3 is 5.11 Å². The maximum Gasteiger partial charge on any atom is 0.416 e. The molecular weight excluding hydrogens is 281 g/mol. The summed E-state index contributed by atoms with van der Waals surface area (Å²) in [4.78, 5) is 10.9. The van der Waals surface area contributed by atoms with E-state index in [0.717, 1.165) is 18.9 Å². The molecule has 0 saturated heterocycles. The Bertz CT molecular complexity index is 495. The van der Waals surface area contributed by atoms with Gasteiger partial charge in [0.05, 0.1) is 12.0 Å². The second-order valence-electron chi connectivity index (χ2n) is 4.74. The van der Waals surface area contributed by atoms with E-state index in [2.05, 4.69) is 0 Å². The molecule has 1 fully saturated rings. The molecule has 1 atom stereocenters. The van der Waals surface area contributed by atoms with Gasteiger partial charge >= 0.3 is 12.1 Å². The molecule has 1 unspecified atom stereocenters. The van der Waals surface area contributed by atoms with Crippen molar-refractivity contribution >= 4 is 17.6 Å². The Morgan fingerprint density at radius 3 is 2.53 bits per heavy atom. The molecule has 19 heavy (non-hydrogen) atoms. The van der Waals surface area contributed by atoms with E-state index in [0.29, 0.717) is 0 Å². The van der Waals surface area contributed by atoms with E-state index in [-0.39, 0.29) is 22.9 Å². The van der Waals surface area contributed by atoms with Gasteiger partial charge in [-0.3, -0.25) is 4.79 Å². The van der Waals surface area contributed by atoms with Crippen LogP contribution >= 0.6 is 11.6 Å². The van der Waals surface area contributed by atoms with Crippen molar-refractivity contribution in [3.8, 4) is 0 Å². The topological polar surface area (TPSA) is 37.3 Å². The number of aliphatic carboxylic acids is 1. The molecule has 2 rings (SSSR count). The van der Waals surface area contributed by atoms with Crippen molar-refractivity contribution < 1.29 is 23.1 Å². The van der Waals surface area contributed by atoms with Crippen LogP contribution in [0.2, 0.25) is 5.02 Å². The van der Waals surface area contributed by atoms with Gasteiger partial charge in [0.15, 0.2) is 0 Å². The molecule has 1 aromatic rings. The molecule has 0 spiro atoms. The fraction of sp³-hybridized carbons (Fsp3) is 0.462. The zero-order valence-electron chi connectivity index (χ0n) is 9.88. The Kier molecular flexibility index (Phi) is 3.76. The van der Waals surface area contributed by atoms with Crippen molar-refractivity contribution in [1.29, 1.82) is 0 Å². The number of hydrogen-bond donors (Lipinski definition) is 1. The van der Waals surface area contributed by atoms with Crippen LogP contribution in [0.3, 0.4) is 0 Å². The van der Waals surface area contributed by atoms with Crippen LogP contribution in [-0.4, -0.2) is 11.1 Å². The van der Waals surface area contributed by atoms with Gasteiger partial charge in [-0.25, -0.2) is 0 Å². The number of carboxylic acids is 1. The smallest absolute Gasteiger partial charge is 0.416 e. The van der Waals surface area contributed by atoms with E-state index < -0.39 is 23.6 Å². The molecular formula is C13H12ClF3O2. The van der Waals surface area contributed by atoms with E-state index in [1.54, 1.807) is 0 Å². The Labute approximate surface area is 113 Å². The minimum absolute atomic E-state index is 0.00650. The summed E-state index contributed by atoms with van der Waals surface area (Å²) in [6.45, 7) is 0. The first-order chi connectivity index (χ1) is 8.80. The molecule has 1 aromatic carbocycles. The summed E-state index contributed by atoms with van der Waals surface area (Å²) in [5.41, 5.74) is -0.889. The number of benzene rings is 1. The van der Waals surface area contributed by atoms with Crippen molar-refractivity contribution in [2.75, 3.05) is 0 Å². The number of alkyl halides is 3. The molecule has 0 amide bonds. The molecule has 2 nitrogen and oxygen atoms in total. The SMILES string of the molecule is O=C(O)CC(c1c(Cl)cccc1C(F)(F)F)C1CC1. The van der Waals surface area contributed by atoms with E-state index in [9.17, 15) is 18.0 Å². The standard InChI is InChI=1S/C13H12ClF3O2/c14-10-3-1-2-9(13(15,16)17)12(10)8(6-11(18)19)7-4-5-7/h1-3,7-8H,4-6H2,(H,18,19). The Morgan fingerprint density at radius 1 is 1.42 bits per heavy atom. The average Bonchev–Trinajstić information content (AvgIpc) is 3.08. The summed E-state index contributed by atoms with van der Waals surface area (Å²) < 4.78 is 39.0. The third kappa shape index (κ3) is 3.21. The van der Waals surface area contributed by atoms with E-state index in [4.69, 9.17) is 16.7 Å². The molecule has 6 heteroatoms. The molecule has 0 bridgehead atoms. The highest BCUT2D eigenvalue weighted by atomic mass is 35.5. The van der Waals surface area contributed by atoms with Gasteiger partial charge in [0.25, 0.3) is 0 Å². The van der Waals surface area contributed by atoms with Gasteiger partial charge in [-0.05, 0) is 42.4 Å². The van der Waals surface area contributed by atoms with Crippen molar-refractivity contribution in [3.63, 3.8) is 0 Å². The van der Waals surface area contributed by atoms with Crippen molar-refractivity contribution in [2.45, 2.75) is 31.4 Å². The number of hydrogen-bond acceptors (Lipinski definition) is 1. The average molecular weight is 293 g/mol. The van der Waals surface area contributed by atoms with Crippen LogP contribution in [0.4, 0.5) is 13.2 Å². The van der Waals surface area contributed by atoms with Crippen LogP contribution in [0, 0.1) is 5.92 Å². The lowest BCUT2D eigenvalue weighted by atomic mass is 9.87. The zero-order valence-corrected chi connectivity index (χ0v) is 10.6. The molecule has 0 aromatic heterocycles. The largest absolute Gasteiger partial charge is 0.481 e. The Balaban J connectivity index is 2.48. The minimum Gasteiger partial charge on any atom is -0.481 e. The summed E-state index contributed by atoms with van der Waals surface area (Å²) >= 11 is 5.89. The van der Waals surface area contributed by atoms with Gasteiger partial charge in [-0.2, -0.15) is 13.2 Å². The maximum atomic E-state index is 13.0. The fourth-order valence-electron chi connectivity index (χ4n) is 2.35. The fourth-order valence-corrected chi connectivity index (χ4v) is 2.67. The highest BCUT2D eigenvalue weighted by Crippen LogP contribution is 2.49. The quantitative estimate of drug-likeness (QED) is 0.897. The van der Waals surface area contributed by atoms with Crippen molar-refractivity contribution in [2.24, 2.45) is 5.92 Å². The highest BCUT2D eigenvalue weighted by molar-refractivity contribution is 6.31. The number of carbonyl (C=O) groups is 1. The first-order valence-electron chi connectivity index (χ1n) is 5.88. The molecule has 0 heterocycles. The molecule has 1 aliphatic rings. The van der Waals surface area contributed by atoms with Gasteiger partial charge in [0, 0.05) is 5.02 Å². The third-order valence-electron chi connectivity index (χ3n) is 3.31. The summed E-state index contributed by atoms with van der Waals surface area (Å²) in [6.07, 6.45) is -3.34. The van der Waals surface area contributed by atoms with Crippen LogP contribution in [0.15, 0.2) is 18.2 Å². The van der Waals surface area contributed by atoms with E-state index >= 15 is 0 Å². The monoisotopic (exact) mass is 292 g/mol. The van der Waals surface area contributed by atoms with Gasteiger partial charge in [0.2, 0.25) is 0 Å². The predicted octanol–water partition coefficient (Wildman–Crippen LogP) is 4.33. The predicted molar refractivity (Wildman–Crippen MR) is 64.2 cm³/mol. The van der Waals surface area contributed by atoms with Crippen LogP contribution in [0.25, 0.3) is 0 Å². The Morgan fingerprint density at radius 2 is 2.05 bits per heavy atom. The summed E-state index contributed by atoms with van der Waals surface area (Å²) in [6, 6.07) is 3.57. The van der Waals surface area contributed by atoms with Crippen LogP contribution in [0.5, 0.6) is 0 Å². The van der Waals surface area contributed by atoms with Crippen molar-refractivity contribution in [3.05, 3.63) is 34.3 Å². The lowest BCUT2D eigenvalue weighted by Gasteiger charge is -2.21. The molecule has 1 saturated carbocycles. The van der Waals surface area contributed by atoms with Crippen LogP contribution in [-0.2, 0) is 11.0 Å². The minimum atomic E-state index is -4.52. The number of halogens is 4. The maximum absolute atomic E-state index is 13.0. The zero-order chi connectivity index (χ0) is 14.2. The number of rotatable bonds is 4. The second kappa shape index (κ2) is 5.04. The third-order valence-corrected chi connectivity index (χ3v) is 3.64. The molecule has 1 aliphatic carbocycles. The van der Waals surface area contributed by atoms with Gasteiger partial charge in [-0.1, -0.05) is 17.7 Å². The van der Waals surface area contributed by atoms with Gasteiger partial charge in [0.1, 0.15) is 0 Å². The molecule has 0 aliphatic heterocycles. The van der Waals surface area contributed by atoms with E-state index in [1.165, 1.54) is 12.1 Å². The van der Waals surface area contributed by atoms with E-state index in [1.807, 2.05) is 0 Å². The van der Waals surface area contributed by atoms with Crippen LogP contribution < -0.4 is 0 Å².